The van der Waals surface area contributed by atoms with Crippen molar-refractivity contribution in [3.8, 4) is 0 Å². The number of benzene rings is 2. The van der Waals surface area contributed by atoms with Crippen molar-refractivity contribution in [3.05, 3.63) is 59.2 Å². The van der Waals surface area contributed by atoms with E-state index in [1.807, 2.05) is 0 Å². The Morgan fingerprint density at radius 2 is 1.83 bits per heavy atom. The summed E-state index contributed by atoms with van der Waals surface area (Å²) in [6, 6.07) is 13.9. The van der Waals surface area contributed by atoms with Gasteiger partial charge in [0, 0.05) is 24.5 Å². The van der Waals surface area contributed by atoms with Gasteiger partial charge in [-0.2, -0.15) is 0 Å². The van der Waals surface area contributed by atoms with Crippen LogP contribution in [0.15, 0.2) is 42.5 Å². The van der Waals surface area contributed by atoms with Crippen molar-refractivity contribution in [2.75, 3.05) is 23.7 Å². The van der Waals surface area contributed by atoms with Crippen LogP contribution < -0.4 is 10.6 Å². The molecule has 6 heteroatoms. The molecule has 2 aliphatic rings. The molecule has 156 valence electrons. The number of piperidine rings is 1. The number of nitrogens with one attached hydrogen (secondary N) is 2. The Hall–Kier alpha value is -3.15. The van der Waals surface area contributed by atoms with Crippen LogP contribution >= 0.6 is 0 Å². The lowest BCUT2D eigenvalue weighted by Gasteiger charge is -2.31. The predicted octanol–water partition coefficient (Wildman–Crippen LogP) is 3.30. The number of rotatable bonds is 4. The molecule has 2 aliphatic heterocycles. The summed E-state index contributed by atoms with van der Waals surface area (Å²) in [5.74, 6) is -0.581. The molecule has 3 amide bonds. The zero-order valence-corrected chi connectivity index (χ0v) is 17.2. The smallest absolute Gasteiger partial charge is 0.313 e. The summed E-state index contributed by atoms with van der Waals surface area (Å²) in [7, 11) is 0. The molecule has 30 heavy (non-hydrogen) atoms. The molecule has 0 spiro atoms. The van der Waals surface area contributed by atoms with E-state index in [0.717, 1.165) is 36.9 Å². The first-order valence-corrected chi connectivity index (χ1v) is 10.6. The third kappa shape index (κ3) is 4.70. The van der Waals surface area contributed by atoms with Gasteiger partial charge in [-0.3, -0.25) is 14.4 Å². The minimum atomic E-state index is -0.620. The van der Waals surface area contributed by atoms with Crippen LogP contribution in [0.1, 0.15) is 36.0 Å². The van der Waals surface area contributed by atoms with Gasteiger partial charge in [0.2, 0.25) is 5.91 Å². The number of likely N-dealkylation sites (tertiary alicyclic amines) is 1. The van der Waals surface area contributed by atoms with Crippen LogP contribution in [-0.2, 0) is 27.2 Å². The summed E-state index contributed by atoms with van der Waals surface area (Å²) in [4.78, 5) is 38.1. The molecule has 0 atom stereocenters. The lowest BCUT2D eigenvalue weighted by Crippen LogP contribution is -2.44. The molecule has 2 aromatic carbocycles. The van der Waals surface area contributed by atoms with Gasteiger partial charge < -0.3 is 15.5 Å². The number of hydrogen-bond donors (Lipinski definition) is 2. The Morgan fingerprint density at radius 3 is 2.57 bits per heavy atom. The van der Waals surface area contributed by atoms with Crippen molar-refractivity contribution >= 4 is 29.1 Å². The molecule has 0 aromatic heterocycles. The molecule has 6 nitrogen and oxygen atoms in total. The molecule has 0 unspecified atom stereocenters. The summed E-state index contributed by atoms with van der Waals surface area (Å²) in [5.41, 5.74) is 4.76. The molecule has 4 rings (SSSR count). The fourth-order valence-electron chi connectivity index (χ4n) is 4.19. The standard InChI is InChI=1S/C24H27N3O3/c1-16-2-4-17(5-3-16)6-7-18-10-12-27(13-11-18)24(30)23(29)25-20-8-9-21-19(14-20)15-22(28)26-21/h2-5,8-9,14,18H,6-7,10-13,15H2,1H3,(H,25,29)(H,26,28). The Labute approximate surface area is 176 Å². The number of amides is 3. The second kappa shape index (κ2) is 8.69. The molecular weight excluding hydrogens is 378 g/mol. The van der Waals surface area contributed by atoms with Crippen LogP contribution in [0.25, 0.3) is 0 Å². The molecule has 0 radical (unpaired) electrons. The molecule has 2 heterocycles. The molecule has 1 saturated heterocycles. The third-order valence-electron chi connectivity index (χ3n) is 6.05. The van der Waals surface area contributed by atoms with Gasteiger partial charge >= 0.3 is 11.8 Å². The predicted molar refractivity (Wildman–Crippen MR) is 116 cm³/mol. The van der Waals surface area contributed by atoms with E-state index in [9.17, 15) is 14.4 Å². The highest BCUT2D eigenvalue weighted by Gasteiger charge is 2.27. The first-order valence-electron chi connectivity index (χ1n) is 10.6. The fraction of sp³-hybridized carbons (Fsp3) is 0.375. The third-order valence-corrected chi connectivity index (χ3v) is 6.05. The second-order valence-electron chi connectivity index (χ2n) is 8.31. The quantitative estimate of drug-likeness (QED) is 0.766. The first kappa shape index (κ1) is 20.1. The van der Waals surface area contributed by atoms with Gasteiger partial charge in [-0.05, 0) is 67.9 Å². The first-order chi connectivity index (χ1) is 14.5. The zero-order chi connectivity index (χ0) is 21.1. The number of anilines is 2. The van der Waals surface area contributed by atoms with Crippen molar-refractivity contribution in [2.45, 2.75) is 39.0 Å². The zero-order valence-electron chi connectivity index (χ0n) is 17.2. The van der Waals surface area contributed by atoms with Gasteiger partial charge in [0.25, 0.3) is 0 Å². The fourth-order valence-corrected chi connectivity index (χ4v) is 4.19. The summed E-state index contributed by atoms with van der Waals surface area (Å²) in [6.07, 6.45) is 4.31. The van der Waals surface area contributed by atoms with E-state index in [0.29, 0.717) is 31.1 Å². The van der Waals surface area contributed by atoms with Crippen LogP contribution in [0.2, 0.25) is 0 Å². The topological polar surface area (TPSA) is 78.5 Å². The molecule has 0 bridgehead atoms. The van der Waals surface area contributed by atoms with Crippen LogP contribution in [0, 0.1) is 12.8 Å². The lowest BCUT2D eigenvalue weighted by molar-refractivity contribution is -0.144. The number of fused-ring (bicyclic) bond motifs is 1. The number of carbonyl (C=O) groups excluding carboxylic acids is 3. The maximum atomic E-state index is 12.6. The van der Waals surface area contributed by atoms with Gasteiger partial charge in [0.1, 0.15) is 0 Å². The summed E-state index contributed by atoms with van der Waals surface area (Å²) in [5, 5.41) is 5.43. The van der Waals surface area contributed by atoms with Gasteiger partial charge in [-0.25, -0.2) is 0 Å². The molecule has 0 aliphatic carbocycles. The van der Waals surface area contributed by atoms with Crippen molar-refractivity contribution in [2.24, 2.45) is 5.92 Å². The Kier molecular flexibility index (Phi) is 5.84. The van der Waals surface area contributed by atoms with Crippen molar-refractivity contribution in [3.63, 3.8) is 0 Å². The molecule has 1 fully saturated rings. The van der Waals surface area contributed by atoms with E-state index in [1.54, 1.807) is 23.1 Å². The molecule has 2 N–H and O–H groups in total. The number of hydrogen-bond acceptors (Lipinski definition) is 3. The van der Waals surface area contributed by atoms with Gasteiger partial charge in [0.05, 0.1) is 6.42 Å². The average molecular weight is 405 g/mol. The molecule has 0 saturated carbocycles. The van der Waals surface area contributed by atoms with Crippen molar-refractivity contribution < 1.29 is 14.4 Å². The minimum Gasteiger partial charge on any atom is -0.334 e. The normalized spacial score (nSPS) is 16.2. The average Bonchev–Trinajstić information content (AvgIpc) is 3.12. The van der Waals surface area contributed by atoms with Crippen LogP contribution in [-0.4, -0.2) is 35.7 Å². The van der Waals surface area contributed by atoms with E-state index >= 15 is 0 Å². The highest BCUT2D eigenvalue weighted by atomic mass is 16.2. The maximum Gasteiger partial charge on any atom is 0.313 e. The van der Waals surface area contributed by atoms with Crippen molar-refractivity contribution in [1.29, 1.82) is 0 Å². The van der Waals surface area contributed by atoms with Crippen LogP contribution in [0.5, 0.6) is 0 Å². The highest BCUT2D eigenvalue weighted by molar-refractivity contribution is 6.39. The second-order valence-corrected chi connectivity index (χ2v) is 8.31. The monoisotopic (exact) mass is 405 g/mol. The Bertz CT molecular complexity index is 960. The van der Waals surface area contributed by atoms with E-state index in [2.05, 4.69) is 41.8 Å². The van der Waals surface area contributed by atoms with E-state index < -0.39 is 11.8 Å². The van der Waals surface area contributed by atoms with E-state index in [4.69, 9.17) is 0 Å². The minimum absolute atomic E-state index is 0.0604. The number of nitrogens with zero attached hydrogens (tertiary/aromatic N) is 1. The Balaban J connectivity index is 1.24. The largest absolute Gasteiger partial charge is 0.334 e. The molecular formula is C24H27N3O3. The van der Waals surface area contributed by atoms with Gasteiger partial charge in [-0.1, -0.05) is 29.8 Å². The summed E-state index contributed by atoms with van der Waals surface area (Å²) < 4.78 is 0. The van der Waals surface area contributed by atoms with Crippen molar-refractivity contribution in [1.82, 2.24) is 4.90 Å². The number of aryl methyl sites for hydroxylation is 2. The molecule has 2 aromatic rings. The lowest BCUT2D eigenvalue weighted by atomic mass is 9.90. The SMILES string of the molecule is Cc1ccc(CCC2CCN(C(=O)C(=O)Nc3ccc4c(c3)CC(=O)N4)CC2)cc1. The van der Waals surface area contributed by atoms with E-state index in [1.165, 1.54) is 11.1 Å². The number of carbonyl (C=O) groups is 3. The van der Waals surface area contributed by atoms with Crippen LogP contribution in [0.4, 0.5) is 11.4 Å². The van der Waals surface area contributed by atoms with E-state index in [-0.39, 0.29) is 5.91 Å². The summed E-state index contributed by atoms with van der Waals surface area (Å²) >= 11 is 0. The summed E-state index contributed by atoms with van der Waals surface area (Å²) in [6.45, 7) is 3.33. The maximum absolute atomic E-state index is 12.6. The highest BCUT2D eigenvalue weighted by Crippen LogP contribution is 2.26. The van der Waals surface area contributed by atoms with Gasteiger partial charge in [-0.15, -0.1) is 0 Å². The van der Waals surface area contributed by atoms with Crippen LogP contribution in [0.3, 0.4) is 0 Å². The Morgan fingerprint density at radius 1 is 1.10 bits per heavy atom. The van der Waals surface area contributed by atoms with Gasteiger partial charge in [0.15, 0.2) is 0 Å².